The molecular weight excluding hydrogens is 366 g/mol. The van der Waals surface area contributed by atoms with Gasteiger partial charge >= 0.3 is 5.97 Å². The summed E-state index contributed by atoms with van der Waals surface area (Å²) in [5, 5.41) is 14.4. The second-order valence-corrected chi connectivity index (χ2v) is 6.71. The van der Waals surface area contributed by atoms with E-state index in [4.69, 9.17) is 4.74 Å². The number of carbonyl (C=O) groups is 1. The number of nitrogens with one attached hydrogen (secondary N) is 1. The normalized spacial score (nSPS) is 10.7. The van der Waals surface area contributed by atoms with Crippen LogP contribution in [-0.2, 0) is 0 Å². The van der Waals surface area contributed by atoms with E-state index in [0.717, 1.165) is 16.3 Å². The first-order chi connectivity index (χ1) is 14.0. The van der Waals surface area contributed by atoms with Crippen LogP contribution in [0.15, 0.2) is 66.9 Å². The lowest BCUT2D eigenvalue weighted by Crippen LogP contribution is -2.02. The van der Waals surface area contributed by atoms with Crippen LogP contribution in [0.25, 0.3) is 10.8 Å². The second kappa shape index (κ2) is 7.59. The standard InChI is InChI=1S/C23H19N3O3/c1-14-8-10-20(18-6-4-3-5-17(14)18)29-21-11-12-24-23(26-21)25-19-13-16(22(27)28)9-7-15(19)2/h3-13H,1-2H3,(H,27,28)(H,24,25,26). The molecule has 29 heavy (non-hydrogen) atoms. The fourth-order valence-corrected chi connectivity index (χ4v) is 3.09. The number of aryl methyl sites for hydroxylation is 2. The number of carboxylic acids is 1. The van der Waals surface area contributed by atoms with Gasteiger partial charge in [0.2, 0.25) is 11.8 Å². The molecule has 0 radical (unpaired) electrons. The number of anilines is 2. The van der Waals surface area contributed by atoms with Gasteiger partial charge in [0.1, 0.15) is 5.75 Å². The SMILES string of the molecule is Cc1ccc(C(=O)O)cc1Nc1nccc(Oc2ccc(C)c3ccccc23)n1. The van der Waals surface area contributed by atoms with Crippen LogP contribution in [0.5, 0.6) is 11.6 Å². The van der Waals surface area contributed by atoms with Gasteiger partial charge in [-0.1, -0.05) is 36.4 Å². The van der Waals surface area contributed by atoms with Crippen LogP contribution in [0.4, 0.5) is 11.6 Å². The van der Waals surface area contributed by atoms with E-state index < -0.39 is 5.97 Å². The topological polar surface area (TPSA) is 84.3 Å². The van der Waals surface area contributed by atoms with Crippen LogP contribution in [-0.4, -0.2) is 21.0 Å². The summed E-state index contributed by atoms with van der Waals surface area (Å²) in [6.45, 7) is 3.94. The molecule has 3 aromatic carbocycles. The molecule has 1 aromatic heterocycles. The third-order valence-corrected chi connectivity index (χ3v) is 4.68. The highest BCUT2D eigenvalue weighted by Gasteiger charge is 2.10. The van der Waals surface area contributed by atoms with Crippen molar-refractivity contribution < 1.29 is 14.6 Å². The molecule has 2 N–H and O–H groups in total. The van der Waals surface area contributed by atoms with Crippen LogP contribution in [0.3, 0.4) is 0 Å². The van der Waals surface area contributed by atoms with E-state index in [0.29, 0.717) is 23.3 Å². The molecule has 0 amide bonds. The average Bonchev–Trinajstić information content (AvgIpc) is 2.72. The van der Waals surface area contributed by atoms with Gasteiger partial charge in [0, 0.05) is 23.3 Å². The fourth-order valence-electron chi connectivity index (χ4n) is 3.09. The van der Waals surface area contributed by atoms with Gasteiger partial charge < -0.3 is 15.2 Å². The molecule has 0 fully saturated rings. The zero-order chi connectivity index (χ0) is 20.4. The van der Waals surface area contributed by atoms with Gasteiger partial charge in [-0.3, -0.25) is 0 Å². The Balaban J connectivity index is 1.63. The van der Waals surface area contributed by atoms with Crippen molar-refractivity contribution in [2.75, 3.05) is 5.32 Å². The summed E-state index contributed by atoms with van der Waals surface area (Å²) >= 11 is 0. The van der Waals surface area contributed by atoms with Crippen molar-refractivity contribution >= 4 is 28.4 Å². The molecule has 0 unspecified atom stereocenters. The Hall–Kier alpha value is -3.93. The molecule has 0 saturated carbocycles. The van der Waals surface area contributed by atoms with E-state index in [9.17, 15) is 9.90 Å². The Labute approximate surface area is 167 Å². The molecule has 0 aliphatic rings. The van der Waals surface area contributed by atoms with Crippen molar-refractivity contribution in [2.24, 2.45) is 0 Å². The molecule has 0 spiro atoms. The van der Waals surface area contributed by atoms with E-state index in [1.807, 2.05) is 37.3 Å². The van der Waals surface area contributed by atoms with Crippen LogP contribution in [0.2, 0.25) is 0 Å². The van der Waals surface area contributed by atoms with E-state index in [1.54, 1.807) is 30.5 Å². The number of hydrogen-bond acceptors (Lipinski definition) is 5. The van der Waals surface area contributed by atoms with Crippen molar-refractivity contribution in [1.29, 1.82) is 0 Å². The molecule has 0 aliphatic carbocycles. The molecule has 4 rings (SSSR count). The molecule has 6 nitrogen and oxygen atoms in total. The Morgan fingerprint density at radius 1 is 0.966 bits per heavy atom. The number of carboxylic acid groups (broad SMARTS) is 1. The summed E-state index contributed by atoms with van der Waals surface area (Å²) in [5.41, 5.74) is 2.88. The molecule has 144 valence electrons. The van der Waals surface area contributed by atoms with Crippen molar-refractivity contribution in [3.05, 3.63) is 83.6 Å². The predicted molar refractivity (Wildman–Crippen MR) is 112 cm³/mol. The van der Waals surface area contributed by atoms with Gasteiger partial charge in [-0.25, -0.2) is 9.78 Å². The van der Waals surface area contributed by atoms with Crippen LogP contribution < -0.4 is 10.1 Å². The van der Waals surface area contributed by atoms with Gasteiger partial charge in [-0.2, -0.15) is 4.98 Å². The number of ether oxygens (including phenoxy) is 1. The third-order valence-electron chi connectivity index (χ3n) is 4.68. The highest BCUT2D eigenvalue weighted by molar-refractivity contribution is 5.91. The largest absolute Gasteiger partial charge is 0.478 e. The first-order valence-electron chi connectivity index (χ1n) is 9.11. The zero-order valence-electron chi connectivity index (χ0n) is 16.0. The second-order valence-electron chi connectivity index (χ2n) is 6.71. The fraction of sp³-hybridized carbons (Fsp3) is 0.0870. The summed E-state index contributed by atoms with van der Waals surface area (Å²) in [7, 11) is 0. The smallest absolute Gasteiger partial charge is 0.335 e. The van der Waals surface area contributed by atoms with Crippen molar-refractivity contribution in [3.63, 3.8) is 0 Å². The van der Waals surface area contributed by atoms with Crippen molar-refractivity contribution in [3.8, 4) is 11.6 Å². The molecule has 6 heteroatoms. The first-order valence-corrected chi connectivity index (χ1v) is 9.11. The first kappa shape index (κ1) is 18.4. The Morgan fingerprint density at radius 2 is 1.72 bits per heavy atom. The minimum Gasteiger partial charge on any atom is -0.478 e. The predicted octanol–water partition coefficient (Wildman–Crippen LogP) is 5.48. The maximum absolute atomic E-state index is 11.2. The molecule has 1 heterocycles. The summed E-state index contributed by atoms with van der Waals surface area (Å²) in [6, 6.07) is 18.5. The van der Waals surface area contributed by atoms with Gasteiger partial charge in [0.25, 0.3) is 0 Å². The van der Waals surface area contributed by atoms with E-state index in [2.05, 4.69) is 28.3 Å². The van der Waals surface area contributed by atoms with E-state index in [-0.39, 0.29) is 5.56 Å². The van der Waals surface area contributed by atoms with Crippen molar-refractivity contribution in [2.45, 2.75) is 13.8 Å². The summed E-state index contributed by atoms with van der Waals surface area (Å²) < 4.78 is 6.03. The lowest BCUT2D eigenvalue weighted by Gasteiger charge is -2.12. The molecule has 0 saturated heterocycles. The maximum Gasteiger partial charge on any atom is 0.335 e. The highest BCUT2D eigenvalue weighted by Crippen LogP contribution is 2.31. The number of aromatic nitrogens is 2. The molecule has 0 aliphatic heterocycles. The molecule has 0 atom stereocenters. The van der Waals surface area contributed by atoms with E-state index >= 15 is 0 Å². The quantitative estimate of drug-likeness (QED) is 0.473. The summed E-state index contributed by atoms with van der Waals surface area (Å²) in [6.07, 6.45) is 1.59. The third kappa shape index (κ3) is 3.87. The Bertz CT molecular complexity index is 1220. The highest BCUT2D eigenvalue weighted by atomic mass is 16.5. The van der Waals surface area contributed by atoms with E-state index in [1.165, 1.54) is 5.56 Å². The minimum absolute atomic E-state index is 0.191. The molecule has 4 aromatic rings. The number of hydrogen-bond donors (Lipinski definition) is 2. The number of benzene rings is 3. The van der Waals surface area contributed by atoms with Gasteiger partial charge in [0.05, 0.1) is 5.56 Å². The molecule has 0 bridgehead atoms. The monoisotopic (exact) mass is 385 g/mol. The lowest BCUT2D eigenvalue weighted by atomic mass is 10.1. The number of aromatic carboxylic acids is 1. The molecular formula is C23H19N3O3. The van der Waals surface area contributed by atoms with Gasteiger partial charge in [-0.15, -0.1) is 0 Å². The van der Waals surface area contributed by atoms with Crippen LogP contribution in [0, 0.1) is 13.8 Å². The van der Waals surface area contributed by atoms with Crippen molar-refractivity contribution in [1.82, 2.24) is 9.97 Å². The Morgan fingerprint density at radius 3 is 2.52 bits per heavy atom. The lowest BCUT2D eigenvalue weighted by molar-refractivity contribution is 0.0697. The number of fused-ring (bicyclic) bond motifs is 1. The average molecular weight is 385 g/mol. The zero-order valence-corrected chi connectivity index (χ0v) is 16.0. The minimum atomic E-state index is -0.989. The number of rotatable bonds is 5. The van der Waals surface area contributed by atoms with Crippen LogP contribution in [0.1, 0.15) is 21.5 Å². The summed E-state index contributed by atoms with van der Waals surface area (Å²) in [5.74, 6) is 0.435. The Kier molecular flexibility index (Phi) is 4.83. The number of nitrogens with zero attached hydrogens (tertiary/aromatic N) is 2. The summed E-state index contributed by atoms with van der Waals surface area (Å²) in [4.78, 5) is 19.9. The van der Waals surface area contributed by atoms with Crippen LogP contribution >= 0.6 is 0 Å². The van der Waals surface area contributed by atoms with Gasteiger partial charge in [0.15, 0.2) is 0 Å². The van der Waals surface area contributed by atoms with Gasteiger partial charge in [-0.05, 0) is 48.6 Å². The maximum atomic E-state index is 11.2.